The Morgan fingerprint density at radius 3 is 1.23 bits per heavy atom. The highest BCUT2D eigenvalue weighted by Crippen LogP contribution is 2.22. The SMILES string of the molecule is C[C@H](C(=O)c1ccc(F)cc1)[C@H](C)C(=O)c1ccc(F)cc1. The van der Waals surface area contributed by atoms with Crippen molar-refractivity contribution in [2.75, 3.05) is 0 Å². The van der Waals surface area contributed by atoms with Crippen LogP contribution in [0, 0.1) is 23.5 Å². The summed E-state index contributed by atoms with van der Waals surface area (Å²) in [5, 5.41) is 0. The van der Waals surface area contributed by atoms with Crippen molar-refractivity contribution >= 4 is 11.6 Å². The molecular formula is C18H16F2O2. The number of benzene rings is 2. The minimum Gasteiger partial charge on any atom is -0.294 e. The first kappa shape index (κ1) is 16.0. The highest BCUT2D eigenvalue weighted by Gasteiger charge is 2.27. The molecule has 0 aromatic heterocycles. The minimum absolute atomic E-state index is 0.219. The van der Waals surface area contributed by atoms with Crippen molar-refractivity contribution < 1.29 is 18.4 Å². The molecule has 0 fully saturated rings. The molecule has 0 radical (unpaired) electrons. The molecule has 0 bridgehead atoms. The van der Waals surface area contributed by atoms with Gasteiger partial charge in [0.1, 0.15) is 11.6 Å². The van der Waals surface area contributed by atoms with E-state index in [0.717, 1.165) is 0 Å². The van der Waals surface area contributed by atoms with Gasteiger partial charge < -0.3 is 0 Å². The summed E-state index contributed by atoms with van der Waals surface area (Å²) in [6.07, 6.45) is 0. The molecule has 0 aliphatic rings. The highest BCUT2D eigenvalue weighted by molar-refractivity contribution is 6.04. The van der Waals surface area contributed by atoms with E-state index in [4.69, 9.17) is 0 Å². The number of Topliss-reactive ketones (excluding diaryl/α,β-unsaturated/α-hetero) is 2. The van der Waals surface area contributed by atoms with Gasteiger partial charge in [0, 0.05) is 23.0 Å². The standard InChI is InChI=1S/C18H16F2O2/c1-11(17(21)13-3-7-15(19)8-4-13)12(2)18(22)14-5-9-16(20)10-6-14/h3-12H,1-2H3/t11-,12-/m0/s1. The molecule has 0 heterocycles. The lowest BCUT2D eigenvalue weighted by atomic mass is 9.83. The fourth-order valence-electron chi connectivity index (χ4n) is 2.21. The zero-order chi connectivity index (χ0) is 16.3. The van der Waals surface area contributed by atoms with Crippen LogP contribution < -0.4 is 0 Å². The average Bonchev–Trinajstić information content (AvgIpc) is 2.53. The number of hydrogen-bond acceptors (Lipinski definition) is 2. The Balaban J connectivity index is 2.15. The van der Waals surface area contributed by atoms with Gasteiger partial charge in [-0.05, 0) is 48.5 Å². The predicted molar refractivity (Wildman–Crippen MR) is 79.8 cm³/mol. The lowest BCUT2D eigenvalue weighted by Crippen LogP contribution is -2.26. The molecule has 22 heavy (non-hydrogen) atoms. The van der Waals surface area contributed by atoms with Crippen molar-refractivity contribution in [1.82, 2.24) is 0 Å². The Morgan fingerprint density at radius 1 is 0.682 bits per heavy atom. The third kappa shape index (κ3) is 3.45. The molecule has 0 aliphatic carbocycles. The van der Waals surface area contributed by atoms with Crippen LogP contribution in [-0.2, 0) is 0 Å². The fraction of sp³-hybridized carbons (Fsp3) is 0.222. The van der Waals surface area contributed by atoms with Gasteiger partial charge in [-0.25, -0.2) is 8.78 Å². The van der Waals surface area contributed by atoms with Crippen molar-refractivity contribution in [3.05, 3.63) is 71.3 Å². The van der Waals surface area contributed by atoms with Crippen molar-refractivity contribution in [2.24, 2.45) is 11.8 Å². The zero-order valence-electron chi connectivity index (χ0n) is 12.3. The second-order valence-corrected chi connectivity index (χ2v) is 5.32. The van der Waals surface area contributed by atoms with Crippen LogP contribution in [0.15, 0.2) is 48.5 Å². The summed E-state index contributed by atoms with van der Waals surface area (Å²) in [6.45, 7) is 3.33. The molecular weight excluding hydrogens is 286 g/mol. The van der Waals surface area contributed by atoms with E-state index in [1.54, 1.807) is 13.8 Å². The first-order valence-electron chi connectivity index (χ1n) is 6.99. The Kier molecular flexibility index (Phi) is 4.81. The molecule has 0 saturated carbocycles. The minimum atomic E-state index is -0.553. The van der Waals surface area contributed by atoms with E-state index in [1.807, 2.05) is 0 Å². The first-order chi connectivity index (χ1) is 10.4. The first-order valence-corrected chi connectivity index (χ1v) is 6.99. The molecule has 2 nitrogen and oxygen atoms in total. The van der Waals surface area contributed by atoms with Crippen LogP contribution in [0.25, 0.3) is 0 Å². The highest BCUT2D eigenvalue weighted by atomic mass is 19.1. The van der Waals surface area contributed by atoms with Gasteiger partial charge in [0.15, 0.2) is 11.6 Å². The van der Waals surface area contributed by atoms with Gasteiger partial charge >= 0.3 is 0 Å². The largest absolute Gasteiger partial charge is 0.294 e. The Morgan fingerprint density at radius 2 is 0.955 bits per heavy atom. The van der Waals surface area contributed by atoms with E-state index >= 15 is 0 Å². The van der Waals surface area contributed by atoms with Crippen LogP contribution >= 0.6 is 0 Å². The quantitative estimate of drug-likeness (QED) is 0.772. The molecule has 0 saturated heterocycles. The maximum Gasteiger partial charge on any atom is 0.166 e. The van der Waals surface area contributed by atoms with Crippen molar-refractivity contribution in [3.63, 3.8) is 0 Å². The van der Waals surface area contributed by atoms with E-state index in [0.29, 0.717) is 11.1 Å². The molecule has 114 valence electrons. The second-order valence-electron chi connectivity index (χ2n) is 5.32. The summed E-state index contributed by atoms with van der Waals surface area (Å²) >= 11 is 0. The molecule has 0 unspecified atom stereocenters. The number of hydrogen-bond donors (Lipinski definition) is 0. The molecule has 2 aromatic rings. The van der Waals surface area contributed by atoms with Crippen LogP contribution in [0.4, 0.5) is 8.78 Å². The fourth-order valence-corrected chi connectivity index (χ4v) is 2.21. The van der Waals surface area contributed by atoms with Crippen molar-refractivity contribution in [1.29, 1.82) is 0 Å². The summed E-state index contributed by atoms with van der Waals surface area (Å²) in [5.41, 5.74) is 0.736. The summed E-state index contributed by atoms with van der Waals surface area (Å²) in [6, 6.07) is 10.5. The van der Waals surface area contributed by atoms with Gasteiger partial charge in [-0.1, -0.05) is 13.8 Å². The number of halogens is 2. The normalized spacial score (nSPS) is 13.5. The average molecular weight is 302 g/mol. The summed E-state index contributed by atoms with van der Waals surface area (Å²) in [5.74, 6) is -2.38. The maximum atomic E-state index is 12.9. The number of carbonyl (C=O) groups is 2. The van der Waals surface area contributed by atoms with Crippen LogP contribution in [-0.4, -0.2) is 11.6 Å². The number of rotatable bonds is 5. The lowest BCUT2D eigenvalue weighted by Gasteiger charge is -2.18. The van der Waals surface area contributed by atoms with Crippen LogP contribution in [0.1, 0.15) is 34.6 Å². The van der Waals surface area contributed by atoms with Crippen molar-refractivity contribution in [3.8, 4) is 0 Å². The van der Waals surface area contributed by atoms with Gasteiger partial charge in [0.05, 0.1) is 0 Å². The molecule has 0 spiro atoms. The summed E-state index contributed by atoms with van der Waals surface area (Å²) in [4.78, 5) is 24.7. The van der Waals surface area contributed by atoms with E-state index in [1.165, 1.54) is 48.5 Å². The zero-order valence-corrected chi connectivity index (χ0v) is 12.3. The summed E-state index contributed by atoms with van der Waals surface area (Å²) < 4.78 is 25.8. The third-order valence-corrected chi connectivity index (χ3v) is 3.83. The second kappa shape index (κ2) is 6.60. The Bertz CT molecular complexity index is 614. The smallest absolute Gasteiger partial charge is 0.166 e. The summed E-state index contributed by atoms with van der Waals surface area (Å²) in [7, 11) is 0. The topological polar surface area (TPSA) is 34.1 Å². The molecule has 2 aromatic carbocycles. The van der Waals surface area contributed by atoms with E-state index in [9.17, 15) is 18.4 Å². The van der Waals surface area contributed by atoms with Crippen molar-refractivity contribution in [2.45, 2.75) is 13.8 Å². The van der Waals surface area contributed by atoms with Gasteiger partial charge in [-0.15, -0.1) is 0 Å². The lowest BCUT2D eigenvalue weighted by molar-refractivity contribution is 0.0794. The van der Waals surface area contributed by atoms with Gasteiger partial charge in [-0.2, -0.15) is 0 Å². The van der Waals surface area contributed by atoms with Gasteiger partial charge in [0.2, 0.25) is 0 Å². The number of ketones is 2. The molecule has 2 atom stereocenters. The molecule has 2 rings (SSSR count). The number of carbonyl (C=O) groups excluding carboxylic acids is 2. The Labute approximate surface area is 127 Å². The maximum absolute atomic E-state index is 12.9. The van der Waals surface area contributed by atoms with Gasteiger partial charge in [-0.3, -0.25) is 9.59 Å². The molecule has 4 heteroatoms. The van der Waals surface area contributed by atoms with Gasteiger partial charge in [0.25, 0.3) is 0 Å². The third-order valence-electron chi connectivity index (χ3n) is 3.83. The Hall–Kier alpha value is -2.36. The van der Waals surface area contributed by atoms with Crippen LogP contribution in [0.5, 0.6) is 0 Å². The van der Waals surface area contributed by atoms with Crippen LogP contribution in [0.3, 0.4) is 0 Å². The molecule has 0 amide bonds. The van der Waals surface area contributed by atoms with Crippen LogP contribution in [0.2, 0.25) is 0 Å². The van der Waals surface area contributed by atoms with E-state index < -0.39 is 23.5 Å². The molecule has 0 N–H and O–H groups in total. The predicted octanol–water partition coefficient (Wildman–Crippen LogP) is 4.30. The van der Waals surface area contributed by atoms with E-state index in [-0.39, 0.29) is 11.6 Å². The molecule has 0 aliphatic heterocycles. The van der Waals surface area contributed by atoms with E-state index in [2.05, 4.69) is 0 Å². The monoisotopic (exact) mass is 302 g/mol.